The number of ether oxygens (including phenoxy) is 6. The highest BCUT2D eigenvalue weighted by Gasteiger charge is 2.32. The van der Waals surface area contributed by atoms with Gasteiger partial charge >= 0.3 is 17.5 Å². The third-order valence-corrected chi connectivity index (χ3v) is 4.89. The summed E-state index contributed by atoms with van der Waals surface area (Å²) in [5.41, 5.74) is -0.815. The van der Waals surface area contributed by atoms with Gasteiger partial charge in [-0.05, 0) is 38.1 Å². The number of benzene rings is 2. The van der Waals surface area contributed by atoms with Gasteiger partial charge in [0.1, 0.15) is 12.2 Å². The molecule has 0 heterocycles. The molecule has 0 amide bonds. The zero-order valence-corrected chi connectivity index (χ0v) is 19.3. The third-order valence-electron chi connectivity index (χ3n) is 4.89. The van der Waals surface area contributed by atoms with Gasteiger partial charge in [0.05, 0.1) is 49.4 Å². The standard InChI is InChI=1S/C21H24N2O11/c1-11(13-7-9-15(29-3)19(31-5)17(13)22(25)26)33-21(24)34-12(2)14-8-10-16(30-4)20(32-6)18(14)23(27)28/h7-12H,1-6H3. The molecule has 2 aromatic rings. The summed E-state index contributed by atoms with van der Waals surface area (Å²) in [6.45, 7) is 2.80. The molecule has 184 valence electrons. The highest BCUT2D eigenvalue weighted by molar-refractivity contribution is 5.65. The summed E-state index contributed by atoms with van der Waals surface area (Å²) in [5.74, 6) is -0.0181. The second-order valence-electron chi connectivity index (χ2n) is 6.76. The van der Waals surface area contributed by atoms with Crippen molar-refractivity contribution in [3.63, 3.8) is 0 Å². The van der Waals surface area contributed by atoms with Crippen LogP contribution in [0.1, 0.15) is 37.2 Å². The highest BCUT2D eigenvalue weighted by atomic mass is 16.7. The van der Waals surface area contributed by atoms with Crippen molar-refractivity contribution >= 4 is 17.5 Å². The van der Waals surface area contributed by atoms with Crippen LogP contribution < -0.4 is 18.9 Å². The van der Waals surface area contributed by atoms with Crippen molar-refractivity contribution in [3.05, 3.63) is 55.6 Å². The van der Waals surface area contributed by atoms with Crippen LogP contribution in [0.2, 0.25) is 0 Å². The number of nitro benzene ring substituents is 2. The van der Waals surface area contributed by atoms with E-state index in [-0.39, 0.29) is 34.1 Å². The second-order valence-corrected chi connectivity index (χ2v) is 6.76. The van der Waals surface area contributed by atoms with E-state index in [1.165, 1.54) is 66.6 Å². The van der Waals surface area contributed by atoms with Gasteiger partial charge in [-0.2, -0.15) is 0 Å². The van der Waals surface area contributed by atoms with Crippen LogP contribution in [0.5, 0.6) is 23.0 Å². The van der Waals surface area contributed by atoms with Crippen LogP contribution in [0.15, 0.2) is 24.3 Å². The Morgan fingerprint density at radius 2 is 1.06 bits per heavy atom. The van der Waals surface area contributed by atoms with Gasteiger partial charge in [-0.1, -0.05) is 0 Å². The smallest absolute Gasteiger partial charge is 0.493 e. The first-order valence-electron chi connectivity index (χ1n) is 9.76. The Hall–Kier alpha value is -4.29. The lowest BCUT2D eigenvalue weighted by molar-refractivity contribution is -0.387. The molecule has 0 spiro atoms. The minimum Gasteiger partial charge on any atom is -0.493 e. The van der Waals surface area contributed by atoms with E-state index in [9.17, 15) is 25.0 Å². The van der Waals surface area contributed by atoms with Gasteiger partial charge in [0.15, 0.2) is 11.5 Å². The van der Waals surface area contributed by atoms with Crippen LogP contribution in [0.3, 0.4) is 0 Å². The van der Waals surface area contributed by atoms with Crippen molar-refractivity contribution in [2.75, 3.05) is 28.4 Å². The maximum atomic E-state index is 12.4. The molecule has 13 nitrogen and oxygen atoms in total. The summed E-state index contributed by atoms with van der Waals surface area (Å²) in [6.07, 6.45) is -3.45. The van der Waals surface area contributed by atoms with E-state index in [0.29, 0.717) is 0 Å². The van der Waals surface area contributed by atoms with Crippen molar-refractivity contribution in [1.29, 1.82) is 0 Å². The molecule has 0 fully saturated rings. The molecule has 0 radical (unpaired) electrons. The molecule has 0 aliphatic rings. The minimum atomic E-state index is -1.20. The van der Waals surface area contributed by atoms with Crippen LogP contribution in [0, 0.1) is 20.2 Å². The number of methoxy groups -OCH3 is 4. The zero-order valence-electron chi connectivity index (χ0n) is 19.3. The Balaban J connectivity index is 2.31. The SMILES string of the molecule is COc1ccc(C(C)OC(=O)OC(C)c2ccc(OC)c(OC)c2[N+](=O)[O-])c([N+](=O)[O-])c1OC. The molecule has 2 unspecified atom stereocenters. The van der Waals surface area contributed by atoms with Crippen molar-refractivity contribution < 1.29 is 43.1 Å². The predicted octanol–water partition coefficient (Wildman–Crippen LogP) is 4.51. The summed E-state index contributed by atoms with van der Waals surface area (Å²) in [7, 11) is 5.14. The number of nitro groups is 2. The normalized spacial score (nSPS) is 12.2. The molecular formula is C21H24N2O11. The monoisotopic (exact) mass is 480 g/mol. The maximum Gasteiger partial charge on any atom is 0.509 e. The lowest BCUT2D eigenvalue weighted by atomic mass is 10.1. The molecule has 0 aromatic heterocycles. The molecule has 0 N–H and O–H groups in total. The topological polar surface area (TPSA) is 159 Å². The van der Waals surface area contributed by atoms with Gasteiger partial charge in [-0.3, -0.25) is 20.2 Å². The first kappa shape index (κ1) is 26.0. The largest absolute Gasteiger partial charge is 0.509 e. The number of carbonyl (C=O) groups excluding carboxylic acids is 1. The summed E-state index contributed by atoms with van der Waals surface area (Å²) < 4.78 is 30.8. The van der Waals surface area contributed by atoms with Crippen LogP contribution in [-0.4, -0.2) is 44.4 Å². The van der Waals surface area contributed by atoms with Gasteiger partial charge in [0.2, 0.25) is 11.5 Å². The first-order chi connectivity index (χ1) is 16.1. The van der Waals surface area contributed by atoms with E-state index in [1.807, 2.05) is 0 Å². The number of hydrogen-bond acceptors (Lipinski definition) is 11. The van der Waals surface area contributed by atoms with Crippen molar-refractivity contribution in [2.24, 2.45) is 0 Å². The fourth-order valence-electron chi connectivity index (χ4n) is 3.33. The quantitative estimate of drug-likeness (QED) is 0.267. The van der Waals surface area contributed by atoms with Crippen molar-refractivity contribution in [2.45, 2.75) is 26.1 Å². The Bertz CT molecular complexity index is 1000. The van der Waals surface area contributed by atoms with Crippen molar-refractivity contribution in [1.82, 2.24) is 0 Å². The summed E-state index contributed by atoms with van der Waals surface area (Å²) in [6, 6.07) is 5.59. The van der Waals surface area contributed by atoms with Crippen LogP contribution in [0.4, 0.5) is 16.2 Å². The Morgan fingerprint density at radius 3 is 1.32 bits per heavy atom. The Kier molecular flexibility index (Phi) is 8.42. The van der Waals surface area contributed by atoms with Gasteiger partial charge in [0, 0.05) is 0 Å². The third kappa shape index (κ3) is 5.19. The average Bonchev–Trinajstić information content (AvgIpc) is 2.81. The van der Waals surface area contributed by atoms with Gasteiger partial charge in [0.25, 0.3) is 0 Å². The lowest BCUT2D eigenvalue weighted by Gasteiger charge is -2.19. The number of nitrogens with zero attached hydrogens (tertiary/aromatic N) is 2. The van der Waals surface area contributed by atoms with E-state index >= 15 is 0 Å². The van der Waals surface area contributed by atoms with Crippen LogP contribution >= 0.6 is 0 Å². The summed E-state index contributed by atoms with van der Waals surface area (Å²) in [4.78, 5) is 34.4. The number of hydrogen-bond donors (Lipinski definition) is 0. The molecule has 2 aromatic carbocycles. The average molecular weight is 480 g/mol. The second kappa shape index (κ2) is 11.0. The fourth-order valence-corrected chi connectivity index (χ4v) is 3.33. The molecule has 0 bridgehead atoms. The van der Waals surface area contributed by atoms with Gasteiger partial charge in [-0.15, -0.1) is 0 Å². The van der Waals surface area contributed by atoms with E-state index in [4.69, 9.17) is 28.4 Å². The predicted molar refractivity (Wildman–Crippen MR) is 117 cm³/mol. The van der Waals surface area contributed by atoms with Gasteiger partial charge < -0.3 is 28.4 Å². The first-order valence-corrected chi connectivity index (χ1v) is 9.76. The summed E-state index contributed by atoms with van der Waals surface area (Å²) in [5, 5.41) is 23.3. The van der Waals surface area contributed by atoms with Crippen molar-refractivity contribution in [3.8, 4) is 23.0 Å². The molecule has 2 rings (SSSR count). The Labute approximate surface area is 194 Å². The molecule has 0 aliphatic heterocycles. The number of carbonyl (C=O) groups is 1. The molecule has 0 saturated carbocycles. The van der Waals surface area contributed by atoms with E-state index in [2.05, 4.69) is 0 Å². The molecule has 0 aliphatic carbocycles. The Morgan fingerprint density at radius 1 is 0.706 bits per heavy atom. The summed E-state index contributed by atoms with van der Waals surface area (Å²) >= 11 is 0. The maximum absolute atomic E-state index is 12.4. The van der Waals surface area contributed by atoms with Gasteiger partial charge in [-0.25, -0.2) is 4.79 Å². The van der Waals surface area contributed by atoms with E-state index in [1.54, 1.807) is 0 Å². The lowest BCUT2D eigenvalue weighted by Crippen LogP contribution is -2.15. The fraction of sp³-hybridized carbons (Fsp3) is 0.381. The van der Waals surface area contributed by atoms with Crippen LogP contribution in [-0.2, 0) is 9.47 Å². The molecule has 2 atom stereocenters. The number of rotatable bonds is 10. The van der Waals surface area contributed by atoms with E-state index in [0.717, 1.165) is 0 Å². The molecular weight excluding hydrogens is 456 g/mol. The minimum absolute atomic E-state index is 0.0318. The van der Waals surface area contributed by atoms with Crippen LogP contribution in [0.25, 0.3) is 0 Å². The van der Waals surface area contributed by atoms with E-state index < -0.39 is 39.6 Å². The zero-order chi connectivity index (χ0) is 25.6. The molecule has 34 heavy (non-hydrogen) atoms. The molecule has 0 saturated heterocycles. The molecule has 13 heteroatoms. The highest BCUT2D eigenvalue weighted by Crippen LogP contribution is 2.44.